The Balaban J connectivity index is 1.86. The first kappa shape index (κ1) is 16.9. The van der Waals surface area contributed by atoms with Gasteiger partial charge in [0.1, 0.15) is 0 Å². The Morgan fingerprint density at radius 2 is 1.91 bits per heavy atom. The molecule has 1 amide bonds. The minimum Gasteiger partial charge on any atom is -0.379 e. The van der Waals surface area contributed by atoms with Gasteiger partial charge < -0.3 is 10.6 Å². The fourth-order valence-corrected chi connectivity index (χ4v) is 2.99. The van der Waals surface area contributed by atoms with Gasteiger partial charge in [-0.3, -0.25) is 9.79 Å². The van der Waals surface area contributed by atoms with Crippen molar-refractivity contribution in [3.8, 4) is 0 Å². The number of nitrogens with two attached hydrogens (primary N) is 1. The zero-order valence-corrected chi connectivity index (χ0v) is 14.2. The van der Waals surface area contributed by atoms with Crippen LogP contribution in [0.5, 0.6) is 0 Å². The molecule has 2 rings (SSSR count). The Morgan fingerprint density at radius 1 is 1.27 bits per heavy atom. The molecule has 22 heavy (non-hydrogen) atoms. The first-order chi connectivity index (χ1) is 10.6. The summed E-state index contributed by atoms with van der Waals surface area (Å²) in [6.07, 6.45) is 2.24. The summed E-state index contributed by atoms with van der Waals surface area (Å²) in [5.74, 6) is 1.45. The Labute approximate surface area is 137 Å². The van der Waals surface area contributed by atoms with Gasteiger partial charge >= 0.3 is 0 Å². The van der Waals surface area contributed by atoms with E-state index in [9.17, 15) is 4.79 Å². The van der Waals surface area contributed by atoms with E-state index in [1.165, 1.54) is 0 Å². The van der Waals surface area contributed by atoms with Crippen LogP contribution in [0.25, 0.3) is 0 Å². The third-order valence-electron chi connectivity index (χ3n) is 3.59. The van der Waals surface area contributed by atoms with Crippen molar-refractivity contribution in [3.05, 3.63) is 35.4 Å². The molecule has 5 heteroatoms. The number of benzene rings is 1. The molecule has 4 nitrogen and oxygen atoms in total. The van der Waals surface area contributed by atoms with Crippen LogP contribution in [0.15, 0.2) is 29.3 Å². The van der Waals surface area contributed by atoms with Gasteiger partial charge in [-0.25, -0.2) is 0 Å². The van der Waals surface area contributed by atoms with Gasteiger partial charge in [-0.15, -0.1) is 0 Å². The van der Waals surface area contributed by atoms with Gasteiger partial charge in [0.15, 0.2) is 5.17 Å². The number of rotatable bonds is 5. The highest BCUT2D eigenvalue weighted by molar-refractivity contribution is 8.13. The van der Waals surface area contributed by atoms with Crippen LogP contribution in [0.2, 0.25) is 0 Å². The van der Waals surface area contributed by atoms with Gasteiger partial charge in [0.2, 0.25) is 0 Å². The molecule has 0 saturated carbocycles. The second-order valence-corrected chi connectivity index (χ2v) is 7.05. The molecular weight excluding hydrogens is 294 g/mol. The molecule has 1 aromatic rings. The number of nitrogens with zero attached hydrogens (tertiary/aromatic N) is 2. The van der Waals surface area contributed by atoms with Crippen LogP contribution >= 0.6 is 11.8 Å². The lowest BCUT2D eigenvalue weighted by atomic mass is 10.1. The number of aliphatic imine (C=N–C) groups is 1. The van der Waals surface area contributed by atoms with E-state index in [-0.39, 0.29) is 5.91 Å². The predicted octanol–water partition coefficient (Wildman–Crippen LogP) is 3.13. The van der Waals surface area contributed by atoms with Gasteiger partial charge in [-0.05, 0) is 36.5 Å². The average Bonchev–Trinajstić information content (AvgIpc) is 3.05. The van der Waals surface area contributed by atoms with Crippen molar-refractivity contribution in [1.29, 1.82) is 0 Å². The molecule has 0 atom stereocenters. The van der Waals surface area contributed by atoms with Crippen LogP contribution in [0.3, 0.4) is 0 Å². The Kier molecular flexibility index (Phi) is 6.31. The largest absolute Gasteiger partial charge is 0.379 e. The van der Waals surface area contributed by atoms with Crippen molar-refractivity contribution >= 4 is 22.8 Å². The van der Waals surface area contributed by atoms with Gasteiger partial charge in [0.05, 0.1) is 0 Å². The molecule has 1 aliphatic rings. The number of amides is 1. The van der Waals surface area contributed by atoms with E-state index in [1.807, 2.05) is 29.2 Å². The van der Waals surface area contributed by atoms with Gasteiger partial charge in [-0.1, -0.05) is 37.7 Å². The summed E-state index contributed by atoms with van der Waals surface area (Å²) in [5, 5.41) is 0.630. The Hall–Kier alpha value is -1.49. The van der Waals surface area contributed by atoms with Crippen molar-refractivity contribution in [2.45, 2.75) is 32.4 Å². The Bertz CT molecular complexity index is 519. The molecule has 1 aromatic carbocycles. The third-order valence-corrected chi connectivity index (χ3v) is 4.50. The lowest BCUT2D eigenvalue weighted by Gasteiger charge is -2.15. The highest BCUT2D eigenvalue weighted by Crippen LogP contribution is 2.16. The highest BCUT2D eigenvalue weighted by atomic mass is 32.2. The molecule has 0 radical (unpaired) electrons. The molecule has 1 saturated heterocycles. The normalized spacial score (nSPS) is 15.6. The lowest BCUT2D eigenvalue weighted by molar-refractivity contribution is 0.0793. The number of likely N-dealkylation sites (tertiary alicyclic amines) is 1. The Morgan fingerprint density at radius 3 is 2.50 bits per heavy atom. The van der Waals surface area contributed by atoms with E-state index >= 15 is 0 Å². The maximum atomic E-state index is 12.3. The quantitative estimate of drug-likeness (QED) is 0.670. The molecule has 120 valence electrons. The van der Waals surface area contributed by atoms with E-state index in [0.29, 0.717) is 11.1 Å². The van der Waals surface area contributed by atoms with Crippen LogP contribution < -0.4 is 5.73 Å². The second-order valence-electron chi connectivity index (χ2n) is 6.06. The summed E-state index contributed by atoms with van der Waals surface area (Å²) in [6.45, 7) is 6.79. The van der Waals surface area contributed by atoms with Crippen LogP contribution in [-0.4, -0.2) is 35.6 Å². The zero-order valence-electron chi connectivity index (χ0n) is 13.4. The molecule has 2 N–H and O–H groups in total. The fraction of sp³-hybridized carbons (Fsp3) is 0.529. The third kappa shape index (κ3) is 5.05. The maximum absolute atomic E-state index is 12.3. The molecule has 0 aromatic heterocycles. The van der Waals surface area contributed by atoms with Crippen molar-refractivity contribution in [2.24, 2.45) is 16.6 Å². The average molecular weight is 319 g/mol. The van der Waals surface area contributed by atoms with Crippen molar-refractivity contribution in [3.63, 3.8) is 0 Å². The topological polar surface area (TPSA) is 58.7 Å². The number of carbonyl (C=O) groups is 1. The molecular formula is C17H25N3OS. The van der Waals surface area contributed by atoms with E-state index in [2.05, 4.69) is 18.8 Å². The number of hydrogen-bond acceptors (Lipinski definition) is 3. The lowest BCUT2D eigenvalue weighted by Crippen LogP contribution is -2.27. The molecule has 1 aliphatic heterocycles. The number of carbonyl (C=O) groups excluding carboxylic acids is 1. The van der Waals surface area contributed by atoms with E-state index in [4.69, 9.17) is 5.73 Å². The number of hydrogen-bond donors (Lipinski definition) is 1. The summed E-state index contributed by atoms with van der Waals surface area (Å²) in [5.41, 5.74) is 7.82. The monoisotopic (exact) mass is 319 g/mol. The minimum absolute atomic E-state index is 0.148. The first-order valence-corrected chi connectivity index (χ1v) is 8.85. The van der Waals surface area contributed by atoms with E-state index in [0.717, 1.165) is 49.4 Å². The molecule has 0 bridgehead atoms. The molecule has 0 spiro atoms. The molecule has 1 fully saturated rings. The second kappa shape index (κ2) is 8.22. The standard InChI is InChI=1S/C17H25N3OS/c1-13(2)11-19-17(18)22-12-14-5-7-15(8-6-14)16(21)20-9-3-4-10-20/h5-8,13H,3-4,9-12H2,1-2H3,(H2,18,19). The number of amidine groups is 1. The minimum atomic E-state index is 0.148. The highest BCUT2D eigenvalue weighted by Gasteiger charge is 2.19. The summed E-state index contributed by atoms with van der Waals surface area (Å²) in [7, 11) is 0. The fourth-order valence-electron chi connectivity index (χ4n) is 2.32. The first-order valence-electron chi connectivity index (χ1n) is 7.87. The van der Waals surface area contributed by atoms with Crippen LogP contribution in [0.1, 0.15) is 42.6 Å². The van der Waals surface area contributed by atoms with Crippen molar-refractivity contribution in [2.75, 3.05) is 19.6 Å². The van der Waals surface area contributed by atoms with Crippen LogP contribution in [-0.2, 0) is 5.75 Å². The molecule has 0 aliphatic carbocycles. The van der Waals surface area contributed by atoms with Crippen LogP contribution in [0.4, 0.5) is 0 Å². The van der Waals surface area contributed by atoms with Gasteiger partial charge in [0.25, 0.3) is 5.91 Å². The van der Waals surface area contributed by atoms with Gasteiger partial charge in [0, 0.05) is 31.0 Å². The van der Waals surface area contributed by atoms with Crippen molar-refractivity contribution < 1.29 is 4.79 Å². The summed E-state index contributed by atoms with van der Waals surface area (Å²) < 4.78 is 0. The summed E-state index contributed by atoms with van der Waals surface area (Å²) >= 11 is 1.54. The van der Waals surface area contributed by atoms with E-state index < -0.39 is 0 Å². The predicted molar refractivity (Wildman–Crippen MR) is 94.2 cm³/mol. The summed E-state index contributed by atoms with van der Waals surface area (Å²) in [4.78, 5) is 18.5. The van der Waals surface area contributed by atoms with Gasteiger partial charge in [-0.2, -0.15) is 0 Å². The number of thioether (sulfide) groups is 1. The van der Waals surface area contributed by atoms with E-state index in [1.54, 1.807) is 11.8 Å². The molecule has 1 heterocycles. The molecule has 0 unspecified atom stereocenters. The SMILES string of the molecule is CC(C)CN=C(N)SCc1ccc(C(=O)N2CCCC2)cc1. The van der Waals surface area contributed by atoms with Crippen molar-refractivity contribution in [1.82, 2.24) is 4.90 Å². The maximum Gasteiger partial charge on any atom is 0.253 e. The smallest absolute Gasteiger partial charge is 0.253 e. The zero-order chi connectivity index (χ0) is 15.9. The van der Waals surface area contributed by atoms with Crippen LogP contribution in [0, 0.1) is 5.92 Å². The summed E-state index contributed by atoms with van der Waals surface area (Å²) in [6, 6.07) is 7.84.